The molecule has 1 aromatic heterocycles. The van der Waals surface area contributed by atoms with Gasteiger partial charge >= 0.3 is 5.97 Å². The molecule has 3 aromatic rings. The van der Waals surface area contributed by atoms with Gasteiger partial charge in [-0.15, -0.1) is 0 Å². The van der Waals surface area contributed by atoms with Crippen molar-refractivity contribution in [1.29, 1.82) is 0 Å². The van der Waals surface area contributed by atoms with Gasteiger partial charge in [-0.25, -0.2) is 13.6 Å². The molecule has 0 atom stereocenters. The second-order valence-corrected chi connectivity index (χ2v) is 9.47. The van der Waals surface area contributed by atoms with Crippen molar-refractivity contribution < 1.29 is 32.2 Å². The number of benzene rings is 2. The van der Waals surface area contributed by atoms with Crippen molar-refractivity contribution in [2.24, 2.45) is 10.1 Å². The van der Waals surface area contributed by atoms with Crippen molar-refractivity contribution >= 4 is 43.5 Å². The maximum absolute atomic E-state index is 13.0. The number of nitrogens with two attached hydrogens (primary N) is 1. The molecule has 1 heterocycles. The van der Waals surface area contributed by atoms with Gasteiger partial charge in [-0.2, -0.15) is 4.99 Å². The number of primary sulfonamides is 1. The van der Waals surface area contributed by atoms with E-state index in [2.05, 4.69) is 4.99 Å². The van der Waals surface area contributed by atoms with E-state index in [0.717, 1.165) is 11.3 Å². The standard InChI is InChI=1S/C22H25N3O7S2/c1-4-30-17-10-7-14(11-18(17)31-5-2)21(27)24-22-25(13-20(26)32-6-3)16-9-8-15(34(23,28)29)12-19(16)33-22/h7-12H,4-6,13H2,1-3H3,(H2,23,28,29). The van der Waals surface area contributed by atoms with Crippen LogP contribution in [0.3, 0.4) is 0 Å². The minimum absolute atomic E-state index is 0.0877. The fourth-order valence-electron chi connectivity index (χ4n) is 3.14. The zero-order chi connectivity index (χ0) is 24.9. The molecule has 0 saturated carbocycles. The number of carbonyl (C=O) groups excluding carboxylic acids is 2. The van der Waals surface area contributed by atoms with E-state index in [4.69, 9.17) is 19.3 Å². The number of carbonyl (C=O) groups is 2. The normalized spacial score (nSPS) is 12.1. The van der Waals surface area contributed by atoms with Crippen LogP contribution in [0.5, 0.6) is 11.5 Å². The highest BCUT2D eigenvalue weighted by Gasteiger charge is 2.17. The van der Waals surface area contributed by atoms with Crippen molar-refractivity contribution in [1.82, 2.24) is 4.57 Å². The van der Waals surface area contributed by atoms with Crippen LogP contribution in [0.4, 0.5) is 0 Å². The SMILES string of the molecule is CCOC(=O)Cn1c(=NC(=O)c2ccc(OCC)c(OCC)c2)sc2cc(S(N)(=O)=O)ccc21. The number of amides is 1. The van der Waals surface area contributed by atoms with Crippen molar-refractivity contribution in [2.45, 2.75) is 32.2 Å². The number of hydrogen-bond acceptors (Lipinski definition) is 8. The molecule has 3 rings (SSSR count). The van der Waals surface area contributed by atoms with E-state index in [0.29, 0.717) is 34.9 Å². The highest BCUT2D eigenvalue weighted by atomic mass is 32.2. The molecular formula is C22H25N3O7S2. The predicted octanol–water partition coefficient (Wildman–Crippen LogP) is 2.45. The summed E-state index contributed by atoms with van der Waals surface area (Å²) in [6.07, 6.45) is 0. The average molecular weight is 508 g/mol. The van der Waals surface area contributed by atoms with Crippen molar-refractivity contribution in [3.63, 3.8) is 0 Å². The van der Waals surface area contributed by atoms with Gasteiger partial charge in [0.15, 0.2) is 16.3 Å². The van der Waals surface area contributed by atoms with Gasteiger partial charge in [-0.3, -0.25) is 9.59 Å². The summed E-state index contributed by atoms with van der Waals surface area (Å²) in [7, 11) is -3.93. The number of hydrogen-bond donors (Lipinski definition) is 1. The van der Waals surface area contributed by atoms with Gasteiger partial charge in [0.2, 0.25) is 10.0 Å². The van der Waals surface area contributed by atoms with Gasteiger partial charge in [0.1, 0.15) is 6.54 Å². The van der Waals surface area contributed by atoms with Gasteiger partial charge in [-0.1, -0.05) is 11.3 Å². The molecule has 0 fully saturated rings. The van der Waals surface area contributed by atoms with Crippen LogP contribution in [0, 0.1) is 0 Å². The third-order valence-electron chi connectivity index (χ3n) is 4.56. The zero-order valence-electron chi connectivity index (χ0n) is 18.9. The molecule has 10 nitrogen and oxygen atoms in total. The summed E-state index contributed by atoms with van der Waals surface area (Å²) in [6.45, 7) is 6.15. The fourth-order valence-corrected chi connectivity index (χ4v) is 4.82. The molecule has 182 valence electrons. The summed E-state index contributed by atoms with van der Waals surface area (Å²) in [4.78, 5) is 29.5. The lowest BCUT2D eigenvalue weighted by atomic mass is 10.2. The first-order valence-corrected chi connectivity index (χ1v) is 12.8. The first kappa shape index (κ1) is 25.4. The minimum atomic E-state index is -3.93. The molecule has 1 amide bonds. The molecule has 0 saturated heterocycles. The lowest BCUT2D eigenvalue weighted by molar-refractivity contribution is -0.143. The summed E-state index contributed by atoms with van der Waals surface area (Å²) in [5.74, 6) is -0.166. The Kier molecular flexibility index (Phi) is 8.07. The van der Waals surface area contributed by atoms with E-state index in [1.807, 2.05) is 13.8 Å². The molecule has 0 bridgehead atoms. The van der Waals surface area contributed by atoms with E-state index in [-0.39, 0.29) is 28.4 Å². The highest BCUT2D eigenvalue weighted by molar-refractivity contribution is 7.89. The first-order valence-electron chi connectivity index (χ1n) is 10.5. The summed E-state index contributed by atoms with van der Waals surface area (Å²) in [6, 6.07) is 8.97. The third-order valence-corrected chi connectivity index (χ3v) is 6.51. The van der Waals surface area contributed by atoms with Crippen LogP contribution >= 0.6 is 11.3 Å². The Hall–Kier alpha value is -3.22. The smallest absolute Gasteiger partial charge is 0.326 e. The second-order valence-electron chi connectivity index (χ2n) is 6.89. The Labute approximate surface area is 200 Å². The van der Waals surface area contributed by atoms with E-state index < -0.39 is 21.9 Å². The Morgan fingerprint density at radius 1 is 1.00 bits per heavy atom. The molecule has 2 aromatic carbocycles. The Balaban J connectivity index is 2.12. The monoisotopic (exact) mass is 507 g/mol. The Bertz CT molecular complexity index is 1390. The fraction of sp³-hybridized carbons (Fsp3) is 0.318. The number of rotatable bonds is 9. The molecule has 2 N–H and O–H groups in total. The van der Waals surface area contributed by atoms with Gasteiger partial charge < -0.3 is 18.8 Å². The van der Waals surface area contributed by atoms with E-state index >= 15 is 0 Å². The number of thiazole rings is 1. The quantitative estimate of drug-likeness (QED) is 0.439. The summed E-state index contributed by atoms with van der Waals surface area (Å²) >= 11 is 1.05. The molecule has 0 aliphatic rings. The van der Waals surface area contributed by atoms with Gasteiger partial charge in [0, 0.05) is 5.56 Å². The van der Waals surface area contributed by atoms with Crippen LogP contribution in [0.25, 0.3) is 10.2 Å². The lowest BCUT2D eigenvalue weighted by Crippen LogP contribution is -2.23. The molecule has 0 spiro atoms. The molecule has 0 radical (unpaired) electrons. The number of sulfonamides is 1. The van der Waals surface area contributed by atoms with E-state index in [1.54, 1.807) is 25.1 Å². The van der Waals surface area contributed by atoms with Crippen LogP contribution in [-0.4, -0.2) is 44.7 Å². The summed E-state index contributed by atoms with van der Waals surface area (Å²) in [5.41, 5.74) is 0.774. The lowest BCUT2D eigenvalue weighted by Gasteiger charge is -2.11. The largest absolute Gasteiger partial charge is 0.490 e. The number of nitrogens with zero attached hydrogens (tertiary/aromatic N) is 2. The van der Waals surface area contributed by atoms with Gasteiger partial charge in [0.25, 0.3) is 5.91 Å². The highest BCUT2D eigenvalue weighted by Crippen LogP contribution is 2.29. The average Bonchev–Trinajstić information content (AvgIpc) is 3.11. The van der Waals surface area contributed by atoms with Gasteiger partial charge in [0.05, 0.1) is 34.9 Å². The summed E-state index contributed by atoms with van der Waals surface area (Å²) < 4.78 is 41.6. The molecule has 34 heavy (non-hydrogen) atoms. The minimum Gasteiger partial charge on any atom is -0.490 e. The predicted molar refractivity (Wildman–Crippen MR) is 126 cm³/mol. The Morgan fingerprint density at radius 2 is 1.71 bits per heavy atom. The maximum Gasteiger partial charge on any atom is 0.326 e. The van der Waals surface area contributed by atoms with Crippen molar-refractivity contribution in [3.05, 3.63) is 46.8 Å². The maximum atomic E-state index is 13.0. The number of fused-ring (bicyclic) bond motifs is 1. The third kappa shape index (κ3) is 5.82. The summed E-state index contributed by atoms with van der Waals surface area (Å²) in [5, 5.41) is 5.24. The Morgan fingerprint density at radius 3 is 2.35 bits per heavy atom. The first-order chi connectivity index (χ1) is 16.2. The van der Waals surface area contributed by atoms with Crippen molar-refractivity contribution in [3.8, 4) is 11.5 Å². The molecule has 12 heteroatoms. The van der Waals surface area contributed by atoms with E-state index in [9.17, 15) is 18.0 Å². The molecule has 0 unspecified atom stereocenters. The number of esters is 1. The molecule has 0 aliphatic heterocycles. The van der Waals surface area contributed by atoms with Gasteiger partial charge in [-0.05, 0) is 57.2 Å². The topological polar surface area (TPSA) is 139 Å². The number of ether oxygens (including phenoxy) is 3. The molecular weight excluding hydrogens is 482 g/mol. The molecule has 0 aliphatic carbocycles. The second kappa shape index (κ2) is 10.8. The van der Waals surface area contributed by atoms with Crippen LogP contribution < -0.4 is 19.4 Å². The number of aromatic nitrogens is 1. The van der Waals surface area contributed by atoms with Crippen LogP contribution in [0.2, 0.25) is 0 Å². The zero-order valence-corrected chi connectivity index (χ0v) is 20.6. The van der Waals surface area contributed by atoms with E-state index in [1.165, 1.54) is 22.8 Å². The van der Waals surface area contributed by atoms with Crippen LogP contribution in [0.15, 0.2) is 46.3 Å². The van der Waals surface area contributed by atoms with Crippen molar-refractivity contribution in [2.75, 3.05) is 19.8 Å². The van der Waals surface area contributed by atoms with Crippen LogP contribution in [-0.2, 0) is 26.1 Å². The van der Waals surface area contributed by atoms with Crippen LogP contribution in [0.1, 0.15) is 31.1 Å².